The molecule has 1 aromatic rings. The normalized spacial score (nSPS) is 21.1. The molecule has 0 bridgehead atoms. The minimum absolute atomic E-state index is 0.0917. The Kier molecular flexibility index (Phi) is 4.62. The summed E-state index contributed by atoms with van der Waals surface area (Å²) in [5, 5.41) is 21.4. The van der Waals surface area contributed by atoms with Gasteiger partial charge in [-0.05, 0) is 33.4 Å². The fourth-order valence-corrected chi connectivity index (χ4v) is 3.64. The lowest BCUT2D eigenvalue weighted by atomic mass is 10.2. The Bertz CT molecular complexity index is 489. The van der Waals surface area contributed by atoms with E-state index < -0.39 is 6.10 Å². The molecule has 20 heavy (non-hydrogen) atoms. The van der Waals surface area contributed by atoms with Gasteiger partial charge in [0.2, 0.25) is 0 Å². The van der Waals surface area contributed by atoms with Crippen molar-refractivity contribution in [2.45, 2.75) is 31.9 Å². The predicted molar refractivity (Wildman–Crippen MR) is 80.5 cm³/mol. The van der Waals surface area contributed by atoms with Crippen molar-refractivity contribution < 1.29 is 10.0 Å². The summed E-state index contributed by atoms with van der Waals surface area (Å²) in [7, 11) is 3.98. The van der Waals surface area contributed by atoms with Crippen LogP contribution < -0.4 is 4.90 Å². The molecule has 0 radical (unpaired) electrons. The molecular formula is C13H21N3O3S. The van der Waals surface area contributed by atoms with Gasteiger partial charge < -0.3 is 14.9 Å². The lowest BCUT2D eigenvalue weighted by Gasteiger charge is -2.25. The van der Waals surface area contributed by atoms with E-state index in [9.17, 15) is 15.2 Å². The van der Waals surface area contributed by atoms with Gasteiger partial charge in [-0.15, -0.1) is 11.3 Å². The molecule has 1 aliphatic heterocycles. The van der Waals surface area contributed by atoms with Gasteiger partial charge in [-0.1, -0.05) is 0 Å². The van der Waals surface area contributed by atoms with Gasteiger partial charge in [0.15, 0.2) is 5.00 Å². The van der Waals surface area contributed by atoms with Crippen LogP contribution >= 0.6 is 11.3 Å². The molecule has 7 heteroatoms. The fraction of sp³-hybridized carbons (Fsp3) is 0.692. The van der Waals surface area contributed by atoms with Crippen LogP contribution in [0.5, 0.6) is 0 Å². The van der Waals surface area contributed by atoms with Crippen LogP contribution in [0.15, 0.2) is 6.07 Å². The van der Waals surface area contributed by atoms with Crippen molar-refractivity contribution >= 4 is 22.0 Å². The monoisotopic (exact) mass is 299 g/mol. The first-order chi connectivity index (χ1) is 9.40. The summed E-state index contributed by atoms with van der Waals surface area (Å²) < 4.78 is 0. The first-order valence-electron chi connectivity index (χ1n) is 6.77. The van der Waals surface area contributed by atoms with Crippen molar-refractivity contribution in [3.8, 4) is 0 Å². The molecule has 6 nitrogen and oxygen atoms in total. The zero-order chi connectivity index (χ0) is 14.9. The van der Waals surface area contributed by atoms with Gasteiger partial charge >= 0.3 is 5.69 Å². The topological polar surface area (TPSA) is 69.8 Å². The molecule has 0 aromatic carbocycles. The van der Waals surface area contributed by atoms with E-state index in [-0.39, 0.29) is 10.6 Å². The van der Waals surface area contributed by atoms with Crippen LogP contribution in [0.2, 0.25) is 0 Å². The molecule has 2 rings (SSSR count). The van der Waals surface area contributed by atoms with Crippen molar-refractivity contribution in [3.05, 3.63) is 21.1 Å². The Balaban J connectivity index is 2.19. The average Bonchev–Trinajstić information content (AvgIpc) is 2.96. The highest BCUT2D eigenvalue weighted by atomic mass is 32.1. The zero-order valence-electron chi connectivity index (χ0n) is 12.1. The maximum absolute atomic E-state index is 11.2. The Labute approximate surface area is 122 Å². The molecule has 2 atom stereocenters. The van der Waals surface area contributed by atoms with E-state index in [1.54, 1.807) is 6.92 Å². The second-order valence-corrected chi connectivity index (χ2v) is 6.49. The second-order valence-electron chi connectivity index (χ2n) is 5.43. The van der Waals surface area contributed by atoms with Crippen molar-refractivity contribution in [1.82, 2.24) is 4.90 Å². The minimum Gasteiger partial charge on any atom is -0.388 e. The molecule has 1 aromatic heterocycles. The van der Waals surface area contributed by atoms with Crippen LogP contribution in [0.1, 0.15) is 30.7 Å². The van der Waals surface area contributed by atoms with E-state index in [0.29, 0.717) is 15.9 Å². The minimum atomic E-state index is -0.671. The first kappa shape index (κ1) is 15.2. The fourth-order valence-electron chi connectivity index (χ4n) is 2.61. The Morgan fingerprint density at radius 3 is 2.90 bits per heavy atom. The van der Waals surface area contributed by atoms with Crippen molar-refractivity contribution in [3.63, 3.8) is 0 Å². The van der Waals surface area contributed by atoms with Crippen molar-refractivity contribution in [2.24, 2.45) is 0 Å². The molecule has 1 aliphatic rings. The number of hydrogen-bond acceptors (Lipinski definition) is 6. The van der Waals surface area contributed by atoms with E-state index in [1.165, 1.54) is 23.8 Å². The largest absolute Gasteiger partial charge is 0.388 e. The third kappa shape index (κ3) is 3.11. The Morgan fingerprint density at radius 1 is 1.70 bits per heavy atom. The molecule has 112 valence electrons. The van der Waals surface area contributed by atoms with Crippen LogP contribution in [-0.4, -0.2) is 48.2 Å². The molecule has 1 unspecified atom stereocenters. The van der Waals surface area contributed by atoms with Crippen LogP contribution in [-0.2, 0) is 0 Å². The number of aliphatic hydroxyl groups is 1. The van der Waals surface area contributed by atoms with E-state index >= 15 is 0 Å². The Hall–Kier alpha value is -1.18. The number of rotatable bonds is 5. The molecule has 1 fully saturated rings. The SMILES string of the molecule is C[C@H](O)c1cc([N+](=O)[O-])c(N(C)CC2CCCN2C)s1. The van der Waals surface area contributed by atoms with Gasteiger partial charge in [0.05, 0.1) is 11.0 Å². The summed E-state index contributed by atoms with van der Waals surface area (Å²) in [6.45, 7) is 3.49. The highest BCUT2D eigenvalue weighted by molar-refractivity contribution is 7.16. The average molecular weight is 299 g/mol. The van der Waals surface area contributed by atoms with Crippen molar-refractivity contribution in [2.75, 3.05) is 32.1 Å². The highest BCUT2D eigenvalue weighted by Crippen LogP contribution is 2.39. The molecule has 0 spiro atoms. The number of aliphatic hydroxyl groups excluding tert-OH is 1. The first-order valence-corrected chi connectivity index (χ1v) is 7.59. The van der Waals surface area contributed by atoms with E-state index in [1.807, 2.05) is 11.9 Å². The summed E-state index contributed by atoms with van der Waals surface area (Å²) in [4.78, 5) is 15.7. The summed E-state index contributed by atoms with van der Waals surface area (Å²) in [6.07, 6.45) is 1.64. The van der Waals surface area contributed by atoms with Gasteiger partial charge in [0, 0.05) is 30.6 Å². The second kappa shape index (κ2) is 6.07. The van der Waals surface area contributed by atoms with Crippen LogP contribution in [0.25, 0.3) is 0 Å². The number of likely N-dealkylation sites (tertiary alicyclic amines) is 1. The lowest BCUT2D eigenvalue weighted by molar-refractivity contribution is -0.383. The summed E-state index contributed by atoms with van der Waals surface area (Å²) in [6, 6.07) is 1.93. The third-order valence-corrected chi connectivity index (χ3v) is 5.23. The maximum Gasteiger partial charge on any atom is 0.304 e. The molecule has 1 N–H and O–H groups in total. The van der Waals surface area contributed by atoms with Gasteiger partial charge in [-0.2, -0.15) is 0 Å². The molecule has 1 saturated heterocycles. The standard InChI is InChI=1S/C13H21N3O3S/c1-9(17)12-7-11(16(18)19)13(20-12)15(3)8-10-5-4-6-14(10)2/h7,9-10,17H,4-6,8H2,1-3H3/t9-,10?/m0/s1. The number of hydrogen-bond donors (Lipinski definition) is 1. The van der Waals surface area contributed by atoms with Crippen LogP contribution in [0, 0.1) is 10.1 Å². The van der Waals surface area contributed by atoms with E-state index in [4.69, 9.17) is 0 Å². The summed E-state index contributed by atoms with van der Waals surface area (Å²) in [5.41, 5.74) is 0.0917. The van der Waals surface area contributed by atoms with Gasteiger partial charge in [0.1, 0.15) is 0 Å². The summed E-state index contributed by atoms with van der Waals surface area (Å²) in [5.74, 6) is 0. The molecular weight excluding hydrogens is 278 g/mol. The molecule has 0 amide bonds. The van der Waals surface area contributed by atoms with Crippen LogP contribution in [0.4, 0.5) is 10.7 Å². The number of likely N-dealkylation sites (N-methyl/N-ethyl adjacent to an activating group) is 2. The zero-order valence-corrected chi connectivity index (χ0v) is 12.9. The molecule has 0 saturated carbocycles. The number of thiophene rings is 1. The van der Waals surface area contributed by atoms with Gasteiger partial charge in [-0.25, -0.2) is 0 Å². The number of nitrogens with zero attached hydrogens (tertiary/aromatic N) is 3. The van der Waals surface area contributed by atoms with E-state index in [0.717, 1.165) is 19.5 Å². The van der Waals surface area contributed by atoms with Crippen molar-refractivity contribution in [1.29, 1.82) is 0 Å². The highest BCUT2D eigenvalue weighted by Gasteiger charge is 2.27. The third-order valence-electron chi connectivity index (χ3n) is 3.82. The predicted octanol–water partition coefficient (Wildman–Crippen LogP) is 2.24. The Morgan fingerprint density at radius 2 is 2.40 bits per heavy atom. The molecule has 0 aliphatic carbocycles. The molecule has 2 heterocycles. The smallest absolute Gasteiger partial charge is 0.304 e. The quantitative estimate of drug-likeness (QED) is 0.667. The van der Waals surface area contributed by atoms with Crippen LogP contribution in [0.3, 0.4) is 0 Å². The lowest BCUT2D eigenvalue weighted by Crippen LogP contribution is -2.36. The summed E-state index contributed by atoms with van der Waals surface area (Å²) >= 11 is 1.30. The van der Waals surface area contributed by atoms with Gasteiger partial charge in [-0.3, -0.25) is 10.1 Å². The number of anilines is 1. The van der Waals surface area contributed by atoms with E-state index in [2.05, 4.69) is 11.9 Å². The maximum atomic E-state index is 11.2. The van der Waals surface area contributed by atoms with Gasteiger partial charge in [0.25, 0.3) is 0 Å². The number of nitro groups is 1.